The first-order valence-electron chi connectivity index (χ1n) is 5.42. The van der Waals surface area contributed by atoms with Crippen LogP contribution in [-0.4, -0.2) is 30.4 Å². The molecule has 0 unspecified atom stereocenters. The van der Waals surface area contributed by atoms with Crippen LogP contribution in [0, 0.1) is 0 Å². The lowest BCUT2D eigenvalue weighted by atomic mass is 10.4. The van der Waals surface area contributed by atoms with Gasteiger partial charge in [0.1, 0.15) is 11.0 Å². The lowest BCUT2D eigenvalue weighted by Gasteiger charge is -1.80. The second-order valence-corrected chi connectivity index (χ2v) is 3.61. The molecule has 0 saturated heterocycles. The van der Waals surface area contributed by atoms with Gasteiger partial charge in [0.05, 0.1) is 23.4 Å². The van der Waals surface area contributed by atoms with Crippen molar-refractivity contribution in [2.75, 3.05) is 0 Å². The van der Waals surface area contributed by atoms with Gasteiger partial charge in [0.2, 0.25) is 0 Å². The van der Waals surface area contributed by atoms with Crippen molar-refractivity contribution in [1.82, 2.24) is 30.4 Å². The van der Waals surface area contributed by atoms with E-state index in [2.05, 4.69) is 30.4 Å². The molecule has 4 rings (SSSR count). The zero-order valence-corrected chi connectivity index (χ0v) is 9.41. The Morgan fingerprint density at radius 1 is 0.722 bits per heavy atom. The molecule has 18 heavy (non-hydrogen) atoms. The maximum Gasteiger partial charge on any atom is 0.108 e. The minimum absolute atomic E-state index is 0.914. The molecule has 0 aliphatic rings. The van der Waals surface area contributed by atoms with Crippen LogP contribution in [0.5, 0.6) is 0 Å². The van der Waals surface area contributed by atoms with E-state index < -0.39 is 0 Å². The highest BCUT2D eigenvalue weighted by molar-refractivity contribution is 5.72. The van der Waals surface area contributed by atoms with Gasteiger partial charge < -0.3 is 0 Å². The summed E-state index contributed by atoms with van der Waals surface area (Å²) in [4.78, 5) is 8.09. The van der Waals surface area contributed by atoms with Gasteiger partial charge in [-0.05, 0) is 24.3 Å². The van der Waals surface area contributed by atoms with Crippen LogP contribution in [0.2, 0.25) is 0 Å². The summed E-state index contributed by atoms with van der Waals surface area (Å²) in [6, 6.07) is 7.63. The molecule has 0 atom stereocenters. The van der Waals surface area contributed by atoms with Gasteiger partial charge in [-0.15, -0.1) is 0 Å². The Balaban J connectivity index is 0.000000111. The van der Waals surface area contributed by atoms with Crippen LogP contribution in [0.3, 0.4) is 0 Å². The lowest BCUT2D eigenvalue weighted by Crippen LogP contribution is -1.69. The van der Waals surface area contributed by atoms with E-state index in [1.54, 1.807) is 24.8 Å². The Morgan fingerprint density at radius 3 is 1.67 bits per heavy atom. The maximum atomic E-state index is 4.05. The summed E-state index contributed by atoms with van der Waals surface area (Å²) in [6.07, 6.45) is 6.90. The van der Waals surface area contributed by atoms with Gasteiger partial charge in [0.15, 0.2) is 0 Å². The molecule has 88 valence electrons. The number of hydrogen-bond acceptors (Lipinski definition) is 4. The Morgan fingerprint density at radius 2 is 1.22 bits per heavy atom. The Kier molecular flexibility index (Phi) is 2.67. The number of aromatic amines is 2. The van der Waals surface area contributed by atoms with Crippen molar-refractivity contribution in [1.29, 1.82) is 0 Å². The van der Waals surface area contributed by atoms with Crippen LogP contribution in [-0.2, 0) is 0 Å². The van der Waals surface area contributed by atoms with Crippen molar-refractivity contribution in [3.8, 4) is 0 Å². The van der Waals surface area contributed by atoms with Crippen molar-refractivity contribution in [3.05, 3.63) is 49.1 Å². The molecule has 0 spiro atoms. The number of pyridine rings is 2. The van der Waals surface area contributed by atoms with Crippen molar-refractivity contribution < 1.29 is 0 Å². The van der Waals surface area contributed by atoms with Gasteiger partial charge in [0, 0.05) is 12.4 Å². The maximum absolute atomic E-state index is 4.05. The van der Waals surface area contributed by atoms with Crippen molar-refractivity contribution >= 4 is 22.1 Å². The van der Waals surface area contributed by atoms with E-state index in [1.165, 1.54) is 0 Å². The molecule has 0 saturated carbocycles. The third-order valence-corrected chi connectivity index (χ3v) is 2.42. The quantitative estimate of drug-likeness (QED) is 0.490. The van der Waals surface area contributed by atoms with Crippen molar-refractivity contribution in [2.45, 2.75) is 0 Å². The molecule has 0 aliphatic carbocycles. The monoisotopic (exact) mass is 238 g/mol. The largest absolute Gasteiger partial charge is 0.276 e. The number of rotatable bonds is 0. The van der Waals surface area contributed by atoms with E-state index in [9.17, 15) is 0 Å². The molecule has 0 bridgehead atoms. The van der Waals surface area contributed by atoms with Crippen LogP contribution in [0.4, 0.5) is 0 Å². The number of nitrogens with zero attached hydrogens (tertiary/aromatic N) is 4. The topological polar surface area (TPSA) is 83.1 Å². The number of aromatic nitrogens is 6. The molecule has 0 fully saturated rings. The molecule has 4 aromatic heterocycles. The van der Waals surface area contributed by atoms with E-state index in [0.29, 0.717) is 0 Å². The molecular weight excluding hydrogens is 228 g/mol. The Labute approximate surface area is 102 Å². The fourth-order valence-corrected chi connectivity index (χ4v) is 1.56. The lowest BCUT2D eigenvalue weighted by molar-refractivity contribution is 1.12. The van der Waals surface area contributed by atoms with E-state index >= 15 is 0 Å². The second kappa shape index (κ2) is 4.62. The molecule has 6 heteroatoms. The molecular formula is C12H10N6. The van der Waals surface area contributed by atoms with Crippen LogP contribution in [0.15, 0.2) is 49.1 Å². The second-order valence-electron chi connectivity index (χ2n) is 3.61. The normalized spacial score (nSPS) is 10.2. The van der Waals surface area contributed by atoms with Gasteiger partial charge in [-0.1, -0.05) is 0 Å². The van der Waals surface area contributed by atoms with Gasteiger partial charge in [-0.2, -0.15) is 10.2 Å². The van der Waals surface area contributed by atoms with Gasteiger partial charge in [-0.3, -0.25) is 20.2 Å². The summed E-state index contributed by atoms with van der Waals surface area (Å²) in [5, 5.41) is 13.2. The van der Waals surface area contributed by atoms with E-state index in [1.807, 2.05) is 24.3 Å². The van der Waals surface area contributed by atoms with Crippen molar-refractivity contribution in [3.63, 3.8) is 0 Å². The minimum atomic E-state index is 0.914. The summed E-state index contributed by atoms with van der Waals surface area (Å²) >= 11 is 0. The number of nitrogens with one attached hydrogen (secondary N) is 2. The first kappa shape index (κ1) is 10.4. The summed E-state index contributed by atoms with van der Waals surface area (Å²) in [6.45, 7) is 0. The van der Waals surface area contributed by atoms with Crippen LogP contribution in [0.25, 0.3) is 22.1 Å². The molecule has 0 amide bonds. The first-order valence-corrected chi connectivity index (χ1v) is 5.42. The number of H-pyrrole nitrogens is 2. The van der Waals surface area contributed by atoms with E-state index in [4.69, 9.17) is 0 Å². The van der Waals surface area contributed by atoms with Crippen LogP contribution >= 0.6 is 0 Å². The first-order chi connectivity index (χ1) is 8.93. The number of fused-ring (bicyclic) bond motifs is 2. The highest BCUT2D eigenvalue weighted by atomic mass is 15.1. The fraction of sp³-hybridized carbons (Fsp3) is 0. The molecule has 2 N–H and O–H groups in total. The molecule has 0 aromatic carbocycles. The van der Waals surface area contributed by atoms with Crippen LogP contribution in [0.1, 0.15) is 0 Å². The van der Waals surface area contributed by atoms with E-state index in [0.717, 1.165) is 22.1 Å². The highest BCUT2D eigenvalue weighted by Gasteiger charge is 1.90. The van der Waals surface area contributed by atoms with Gasteiger partial charge in [-0.25, -0.2) is 0 Å². The zero-order valence-electron chi connectivity index (χ0n) is 9.41. The summed E-state index contributed by atoms with van der Waals surface area (Å²) in [5.41, 5.74) is 3.80. The Bertz CT molecular complexity index is 631. The predicted octanol–water partition coefficient (Wildman–Crippen LogP) is 1.92. The smallest absolute Gasteiger partial charge is 0.108 e. The fourth-order valence-electron chi connectivity index (χ4n) is 1.56. The molecule has 0 radical (unpaired) electrons. The van der Waals surface area contributed by atoms with Crippen LogP contribution < -0.4 is 0 Å². The summed E-state index contributed by atoms with van der Waals surface area (Å²) in [7, 11) is 0. The standard InChI is InChI=1S/2C6H5N3/c2*1-2-5-6(7-3-1)4-8-9-5/h2*1-4H,(H,8,9). The zero-order chi connectivity index (χ0) is 12.2. The third kappa shape index (κ3) is 2.03. The molecule has 6 nitrogen and oxygen atoms in total. The average Bonchev–Trinajstić information content (AvgIpc) is 3.08. The minimum Gasteiger partial charge on any atom is -0.276 e. The summed E-state index contributed by atoms with van der Waals surface area (Å²) in [5.74, 6) is 0. The Hall–Kier alpha value is -2.76. The molecule has 4 aromatic rings. The SMILES string of the molecule is c1cnc2cn[nH]c2c1.c1cnc2cn[nH]c2c1. The molecule has 0 aliphatic heterocycles. The van der Waals surface area contributed by atoms with E-state index in [-0.39, 0.29) is 0 Å². The van der Waals surface area contributed by atoms with Crippen molar-refractivity contribution in [2.24, 2.45) is 0 Å². The molecule has 4 heterocycles. The average molecular weight is 238 g/mol. The summed E-state index contributed by atoms with van der Waals surface area (Å²) < 4.78 is 0. The highest BCUT2D eigenvalue weighted by Crippen LogP contribution is 2.03. The number of hydrogen-bond donors (Lipinski definition) is 2. The van der Waals surface area contributed by atoms with Gasteiger partial charge >= 0.3 is 0 Å². The van der Waals surface area contributed by atoms with Gasteiger partial charge in [0.25, 0.3) is 0 Å². The predicted molar refractivity (Wildman–Crippen MR) is 67.8 cm³/mol. The third-order valence-electron chi connectivity index (χ3n) is 2.42.